The Morgan fingerprint density at radius 3 is 2.11 bits per heavy atom. The van der Waals surface area contributed by atoms with E-state index in [0.717, 1.165) is 7.11 Å². The van der Waals surface area contributed by atoms with Gasteiger partial charge in [-0.1, -0.05) is 30.3 Å². The molecule has 1 fully saturated rings. The maximum Gasteiger partial charge on any atom is 0.363 e. The third kappa shape index (κ3) is 4.38. The predicted octanol–water partition coefficient (Wildman–Crippen LogP) is 2.33. The fourth-order valence-corrected chi connectivity index (χ4v) is 3.54. The smallest absolute Gasteiger partial charge is 0.363 e. The van der Waals surface area contributed by atoms with E-state index in [1.54, 1.807) is 36.4 Å². The summed E-state index contributed by atoms with van der Waals surface area (Å²) in [6.07, 6.45) is -0.0796. The zero-order valence-electron chi connectivity index (χ0n) is 18.7. The number of ether oxygens (including phenoxy) is 2. The minimum absolute atomic E-state index is 0.0142. The van der Waals surface area contributed by atoms with Crippen LogP contribution in [0.15, 0.2) is 54.6 Å². The van der Waals surface area contributed by atoms with Crippen LogP contribution in [0.3, 0.4) is 0 Å². The number of carbonyl (C=O) groups excluding carboxylic acids is 5. The summed E-state index contributed by atoms with van der Waals surface area (Å²) in [5, 5.41) is 4.90. The zero-order chi connectivity index (χ0) is 25.1. The number of hydroxylamine groups is 2. The molecule has 0 spiro atoms. The molecule has 1 aliphatic rings. The monoisotopic (exact) mass is 477 g/mol. The summed E-state index contributed by atoms with van der Waals surface area (Å²) in [7, 11) is 2.33. The molecule has 1 aliphatic heterocycles. The van der Waals surface area contributed by atoms with Gasteiger partial charge in [-0.3, -0.25) is 9.59 Å². The molecule has 2 heterocycles. The molecule has 0 unspecified atom stereocenters. The molecule has 0 bridgehead atoms. The Balaban J connectivity index is 1.82. The highest BCUT2D eigenvalue weighted by molar-refractivity contribution is 6.07. The van der Waals surface area contributed by atoms with Crippen LogP contribution >= 0.6 is 0 Å². The molecule has 178 valence electrons. The molecule has 0 atom stereocenters. The summed E-state index contributed by atoms with van der Waals surface area (Å²) >= 11 is 0. The molecule has 0 saturated carbocycles. The number of methoxy groups -OCH3 is 2. The van der Waals surface area contributed by atoms with E-state index in [1.165, 1.54) is 30.0 Å². The number of hydrogen-bond donors (Lipinski definition) is 0. The van der Waals surface area contributed by atoms with Gasteiger partial charge >= 0.3 is 17.9 Å². The average molecular weight is 477 g/mol. The van der Waals surface area contributed by atoms with Gasteiger partial charge in [0.05, 0.1) is 25.5 Å². The maximum atomic E-state index is 12.8. The van der Waals surface area contributed by atoms with E-state index >= 15 is 0 Å². The first-order valence-electron chi connectivity index (χ1n) is 10.4. The van der Waals surface area contributed by atoms with E-state index in [1.807, 2.05) is 0 Å². The first kappa shape index (κ1) is 23.4. The standard InChI is InChI=1S/C24H19N3O8/c1-33-23(31)19-20(25-26(21(19)24(32)34-2)16-9-4-3-5-10-16)14-7-6-8-15(13-14)22(30)35-27-17(28)11-12-18(27)29/h3-10,13H,11-12H2,1-2H3. The molecular formula is C24H19N3O8. The molecular weight excluding hydrogens is 458 g/mol. The van der Waals surface area contributed by atoms with Gasteiger partial charge in [0.2, 0.25) is 0 Å². The Bertz CT molecular complexity index is 1330. The molecule has 4 rings (SSSR count). The number of esters is 2. The molecule has 0 aliphatic carbocycles. The van der Waals surface area contributed by atoms with Crippen LogP contribution in [0.2, 0.25) is 0 Å². The molecule has 11 nitrogen and oxygen atoms in total. The van der Waals surface area contributed by atoms with Crippen LogP contribution in [0.5, 0.6) is 0 Å². The van der Waals surface area contributed by atoms with Crippen LogP contribution in [-0.4, -0.2) is 58.8 Å². The Morgan fingerprint density at radius 2 is 1.49 bits per heavy atom. The van der Waals surface area contributed by atoms with E-state index in [4.69, 9.17) is 14.3 Å². The zero-order valence-corrected chi connectivity index (χ0v) is 18.7. The number of carbonyl (C=O) groups is 5. The molecule has 2 aromatic carbocycles. The second kappa shape index (κ2) is 9.59. The van der Waals surface area contributed by atoms with Crippen molar-refractivity contribution in [2.45, 2.75) is 12.8 Å². The number of rotatable bonds is 6. The minimum Gasteiger partial charge on any atom is -0.465 e. The van der Waals surface area contributed by atoms with E-state index in [0.29, 0.717) is 10.8 Å². The molecule has 11 heteroatoms. The summed E-state index contributed by atoms with van der Waals surface area (Å²) < 4.78 is 11.0. The van der Waals surface area contributed by atoms with Gasteiger partial charge in [0.25, 0.3) is 11.8 Å². The van der Waals surface area contributed by atoms with Gasteiger partial charge in [0.15, 0.2) is 5.69 Å². The average Bonchev–Trinajstić information content (AvgIpc) is 3.44. The first-order chi connectivity index (χ1) is 16.8. The van der Waals surface area contributed by atoms with Gasteiger partial charge in [-0.15, -0.1) is 5.06 Å². The Labute approximate surface area is 198 Å². The lowest BCUT2D eigenvalue weighted by Crippen LogP contribution is -2.32. The molecule has 1 aromatic heterocycles. The lowest BCUT2D eigenvalue weighted by atomic mass is 10.0. The number of aromatic nitrogens is 2. The highest BCUT2D eigenvalue weighted by Crippen LogP contribution is 2.30. The van der Waals surface area contributed by atoms with E-state index in [9.17, 15) is 24.0 Å². The van der Waals surface area contributed by atoms with E-state index < -0.39 is 29.7 Å². The van der Waals surface area contributed by atoms with Gasteiger partial charge < -0.3 is 14.3 Å². The third-order valence-electron chi connectivity index (χ3n) is 5.21. The minimum atomic E-state index is -0.953. The van der Waals surface area contributed by atoms with Crippen LogP contribution in [0.1, 0.15) is 44.0 Å². The second-order valence-corrected chi connectivity index (χ2v) is 7.34. The highest BCUT2D eigenvalue weighted by Gasteiger charge is 2.34. The SMILES string of the molecule is COC(=O)c1c(-c2cccc(C(=O)ON3C(=O)CCC3=O)c2)nn(-c2ccccc2)c1C(=O)OC. The van der Waals surface area contributed by atoms with E-state index in [2.05, 4.69) is 5.10 Å². The van der Waals surface area contributed by atoms with Gasteiger partial charge in [0.1, 0.15) is 11.3 Å². The fourth-order valence-electron chi connectivity index (χ4n) is 3.54. The van der Waals surface area contributed by atoms with Crippen molar-refractivity contribution in [2.24, 2.45) is 0 Å². The largest absolute Gasteiger partial charge is 0.465 e. The van der Waals surface area contributed by atoms with Crippen LogP contribution in [0.25, 0.3) is 16.9 Å². The first-order valence-corrected chi connectivity index (χ1v) is 10.4. The van der Waals surface area contributed by atoms with Gasteiger partial charge in [0, 0.05) is 18.4 Å². The van der Waals surface area contributed by atoms with Crippen molar-refractivity contribution in [2.75, 3.05) is 14.2 Å². The lowest BCUT2D eigenvalue weighted by molar-refractivity contribution is -0.172. The number of hydrogen-bond acceptors (Lipinski definition) is 9. The summed E-state index contributed by atoms with van der Waals surface area (Å²) in [5.41, 5.74) is 0.453. The summed E-state index contributed by atoms with van der Waals surface area (Å²) in [5.74, 6) is -3.85. The van der Waals surface area contributed by atoms with Crippen molar-refractivity contribution in [3.05, 3.63) is 71.4 Å². The van der Waals surface area contributed by atoms with Crippen molar-refractivity contribution in [3.63, 3.8) is 0 Å². The molecule has 1 saturated heterocycles. The number of imide groups is 1. The number of para-hydroxylation sites is 1. The molecule has 2 amide bonds. The van der Waals surface area contributed by atoms with Crippen molar-refractivity contribution in [3.8, 4) is 16.9 Å². The van der Waals surface area contributed by atoms with Crippen LogP contribution in [0.4, 0.5) is 0 Å². The van der Waals surface area contributed by atoms with Gasteiger partial charge in [-0.2, -0.15) is 5.10 Å². The highest BCUT2D eigenvalue weighted by atomic mass is 16.7. The predicted molar refractivity (Wildman–Crippen MR) is 118 cm³/mol. The van der Waals surface area contributed by atoms with Crippen LogP contribution < -0.4 is 0 Å². The van der Waals surface area contributed by atoms with Gasteiger partial charge in [-0.25, -0.2) is 19.1 Å². The quantitative estimate of drug-likeness (QED) is 0.387. The molecule has 0 N–H and O–H groups in total. The molecule has 3 aromatic rings. The summed E-state index contributed by atoms with van der Waals surface area (Å²) in [6, 6.07) is 14.4. The summed E-state index contributed by atoms with van der Waals surface area (Å²) in [6.45, 7) is 0. The normalized spacial score (nSPS) is 13.0. The lowest BCUT2D eigenvalue weighted by Gasteiger charge is -2.12. The van der Waals surface area contributed by atoms with Crippen molar-refractivity contribution >= 4 is 29.7 Å². The fraction of sp³-hybridized carbons (Fsp3) is 0.167. The van der Waals surface area contributed by atoms with E-state index in [-0.39, 0.29) is 40.9 Å². The van der Waals surface area contributed by atoms with Crippen molar-refractivity contribution in [1.29, 1.82) is 0 Å². The number of nitrogens with zero attached hydrogens (tertiary/aromatic N) is 3. The Kier molecular flexibility index (Phi) is 6.40. The van der Waals surface area contributed by atoms with Crippen LogP contribution in [0, 0.1) is 0 Å². The van der Waals surface area contributed by atoms with Gasteiger partial charge in [-0.05, 0) is 24.3 Å². The topological polar surface area (TPSA) is 134 Å². The Morgan fingerprint density at radius 1 is 0.829 bits per heavy atom. The molecule has 0 radical (unpaired) electrons. The van der Waals surface area contributed by atoms with Crippen molar-refractivity contribution < 1.29 is 38.3 Å². The maximum absolute atomic E-state index is 12.8. The second-order valence-electron chi connectivity index (χ2n) is 7.34. The summed E-state index contributed by atoms with van der Waals surface area (Å²) in [4.78, 5) is 66.6. The van der Waals surface area contributed by atoms with Crippen LogP contribution in [-0.2, 0) is 23.9 Å². The number of benzene rings is 2. The third-order valence-corrected chi connectivity index (χ3v) is 5.21. The van der Waals surface area contributed by atoms with Crippen molar-refractivity contribution in [1.82, 2.24) is 14.8 Å². The number of amides is 2. The molecule has 35 heavy (non-hydrogen) atoms. The Hall–Kier alpha value is -4.80.